The maximum Gasteiger partial charge on any atom is 0.320 e. The van der Waals surface area contributed by atoms with E-state index in [1.54, 1.807) is 24.9 Å². The van der Waals surface area contributed by atoms with Gasteiger partial charge in [-0.05, 0) is 32.0 Å². The third-order valence-corrected chi connectivity index (χ3v) is 6.39. The zero-order chi connectivity index (χ0) is 20.8. The highest BCUT2D eigenvalue weighted by Crippen LogP contribution is 2.35. The predicted molar refractivity (Wildman–Crippen MR) is 111 cm³/mol. The predicted octanol–water partition coefficient (Wildman–Crippen LogP) is 1.84. The number of phenolic OH excluding ortho intramolecular Hbond substituents is 1. The number of likely N-dealkylation sites (tertiary alicyclic amines) is 1. The van der Waals surface area contributed by atoms with Crippen molar-refractivity contribution in [1.29, 1.82) is 0 Å². The number of aliphatic imine (C=N–C) groups is 1. The molecule has 2 aliphatic rings. The van der Waals surface area contributed by atoms with Crippen LogP contribution in [0.1, 0.15) is 18.4 Å². The molecule has 3 rings (SSSR count). The van der Waals surface area contributed by atoms with Gasteiger partial charge in [-0.1, -0.05) is 0 Å². The van der Waals surface area contributed by atoms with E-state index in [2.05, 4.69) is 0 Å². The van der Waals surface area contributed by atoms with Crippen LogP contribution < -0.4 is 4.74 Å². The summed E-state index contributed by atoms with van der Waals surface area (Å²) < 4.78 is 15.9. The van der Waals surface area contributed by atoms with E-state index in [4.69, 9.17) is 19.2 Å². The Bertz CT molecular complexity index is 744. The van der Waals surface area contributed by atoms with E-state index in [1.165, 1.54) is 0 Å². The third kappa shape index (κ3) is 5.42. The van der Waals surface area contributed by atoms with Gasteiger partial charge >= 0.3 is 5.97 Å². The van der Waals surface area contributed by atoms with Crippen molar-refractivity contribution >= 4 is 22.8 Å². The van der Waals surface area contributed by atoms with E-state index >= 15 is 0 Å². The molecule has 29 heavy (non-hydrogen) atoms. The summed E-state index contributed by atoms with van der Waals surface area (Å²) in [6.07, 6.45) is 1.47. The van der Waals surface area contributed by atoms with Crippen LogP contribution >= 0.6 is 11.8 Å². The minimum absolute atomic E-state index is 0.0314. The molecule has 0 unspecified atom stereocenters. The number of nitrogens with zero attached hydrogens (tertiary/aromatic N) is 2. The molecule has 0 aliphatic carbocycles. The van der Waals surface area contributed by atoms with Crippen molar-refractivity contribution < 1.29 is 29.2 Å². The van der Waals surface area contributed by atoms with Crippen LogP contribution in [0.2, 0.25) is 0 Å². The molecule has 0 aromatic heterocycles. The molecule has 0 saturated carbocycles. The highest BCUT2D eigenvalue weighted by Gasteiger charge is 2.40. The lowest BCUT2D eigenvalue weighted by atomic mass is 10.1. The number of thioether (sulfide) groups is 1. The molecule has 0 amide bonds. The Labute approximate surface area is 174 Å². The summed E-state index contributed by atoms with van der Waals surface area (Å²) in [6, 6.07) is 4.91. The molecule has 160 valence electrons. The number of hydrogen-bond donors (Lipinski definition) is 2. The van der Waals surface area contributed by atoms with Crippen LogP contribution in [0.15, 0.2) is 23.2 Å². The lowest BCUT2D eigenvalue weighted by Crippen LogP contribution is -2.42. The number of phenols is 1. The second-order valence-electron chi connectivity index (χ2n) is 7.11. The van der Waals surface area contributed by atoms with Gasteiger partial charge in [0.2, 0.25) is 0 Å². The molecule has 1 saturated heterocycles. The fourth-order valence-corrected chi connectivity index (χ4v) is 4.87. The van der Waals surface area contributed by atoms with Crippen molar-refractivity contribution in [2.75, 3.05) is 46.3 Å². The van der Waals surface area contributed by atoms with Crippen molar-refractivity contribution in [3.05, 3.63) is 23.8 Å². The fourth-order valence-electron chi connectivity index (χ4n) is 3.71. The topological polar surface area (TPSA) is 101 Å². The van der Waals surface area contributed by atoms with Gasteiger partial charge in [0.15, 0.2) is 0 Å². The highest BCUT2D eigenvalue weighted by atomic mass is 32.2. The number of carboxylic acids is 1. The largest absolute Gasteiger partial charge is 0.507 e. The average molecular weight is 425 g/mol. The summed E-state index contributed by atoms with van der Waals surface area (Å²) in [5, 5.41) is 20.5. The van der Waals surface area contributed by atoms with Gasteiger partial charge < -0.3 is 24.4 Å². The summed E-state index contributed by atoms with van der Waals surface area (Å²) in [4.78, 5) is 18.0. The van der Waals surface area contributed by atoms with Gasteiger partial charge in [-0.15, -0.1) is 11.8 Å². The molecule has 0 radical (unpaired) electrons. The van der Waals surface area contributed by atoms with E-state index in [0.717, 1.165) is 17.2 Å². The molecule has 0 bridgehead atoms. The maximum absolute atomic E-state index is 11.3. The molecule has 3 atom stereocenters. The van der Waals surface area contributed by atoms with Gasteiger partial charge in [-0.2, -0.15) is 0 Å². The molecule has 2 N–H and O–H groups in total. The van der Waals surface area contributed by atoms with Gasteiger partial charge in [-0.3, -0.25) is 14.7 Å². The van der Waals surface area contributed by atoms with E-state index in [0.29, 0.717) is 44.2 Å². The summed E-state index contributed by atoms with van der Waals surface area (Å²) in [5.41, 5.74) is 0.677. The average Bonchev–Trinajstić information content (AvgIpc) is 3.31. The number of carbonyl (C=O) groups is 1. The van der Waals surface area contributed by atoms with Crippen LogP contribution in [0, 0.1) is 0 Å². The van der Waals surface area contributed by atoms with Gasteiger partial charge in [0.05, 0.1) is 25.9 Å². The summed E-state index contributed by atoms with van der Waals surface area (Å²) in [5.74, 6) is 0.703. The lowest BCUT2D eigenvalue weighted by Gasteiger charge is -2.26. The second kappa shape index (κ2) is 10.3. The molecule has 2 aliphatic heterocycles. The van der Waals surface area contributed by atoms with Crippen LogP contribution in [-0.4, -0.2) is 90.6 Å². The van der Waals surface area contributed by atoms with E-state index in [1.807, 2.05) is 24.1 Å². The third-order valence-electron chi connectivity index (χ3n) is 5.28. The van der Waals surface area contributed by atoms with Gasteiger partial charge in [0.25, 0.3) is 0 Å². The van der Waals surface area contributed by atoms with Crippen LogP contribution in [0.3, 0.4) is 0 Å². The minimum atomic E-state index is -0.776. The first-order chi connectivity index (χ1) is 14.0. The molecule has 2 heterocycles. The van der Waals surface area contributed by atoms with E-state index in [9.17, 15) is 15.0 Å². The molecule has 0 spiro atoms. The number of rotatable bonds is 10. The number of aromatic hydroxyl groups is 1. The normalized spacial score (nSPS) is 24.6. The standard InChI is InChI=1S/C20H28N2O6S/c1-22-16(5-6-17(22)20(24)25)15-12-29-19(21-15)14-4-3-13(11-18(14)23)28-10-9-27-8-7-26-2/h3-4,11,15-17,23H,5-10,12H2,1-2H3,(H,24,25)/t15-,16-,17+/m0/s1. The first kappa shape index (κ1) is 21.9. The Morgan fingerprint density at radius 2 is 2.07 bits per heavy atom. The monoisotopic (exact) mass is 424 g/mol. The minimum Gasteiger partial charge on any atom is -0.507 e. The van der Waals surface area contributed by atoms with Crippen molar-refractivity contribution in [3.8, 4) is 11.5 Å². The van der Waals surface area contributed by atoms with Crippen LogP contribution in [0.25, 0.3) is 0 Å². The smallest absolute Gasteiger partial charge is 0.320 e. The molecular weight excluding hydrogens is 396 g/mol. The number of methoxy groups -OCH3 is 1. The Balaban J connectivity index is 1.57. The van der Waals surface area contributed by atoms with Gasteiger partial charge in [0, 0.05) is 30.5 Å². The Morgan fingerprint density at radius 3 is 2.76 bits per heavy atom. The quantitative estimate of drug-likeness (QED) is 0.549. The SMILES string of the molecule is COCCOCCOc1ccc(C2=N[C@H]([C@@H]3CC[C@H](C(=O)O)N3C)CS2)c(O)c1. The Hall–Kier alpha value is -1.81. The van der Waals surface area contributed by atoms with Crippen LogP contribution in [-0.2, 0) is 14.3 Å². The lowest BCUT2D eigenvalue weighted by molar-refractivity contribution is -0.142. The number of likely N-dealkylation sites (N-methyl/N-ethyl adjacent to an activating group) is 1. The highest BCUT2D eigenvalue weighted by molar-refractivity contribution is 8.14. The van der Waals surface area contributed by atoms with Crippen LogP contribution in [0.5, 0.6) is 11.5 Å². The fraction of sp³-hybridized carbons (Fsp3) is 0.600. The maximum atomic E-state index is 11.3. The molecule has 9 heteroatoms. The molecule has 1 fully saturated rings. The van der Waals surface area contributed by atoms with Crippen molar-refractivity contribution in [2.24, 2.45) is 4.99 Å². The first-order valence-corrected chi connectivity index (χ1v) is 10.7. The van der Waals surface area contributed by atoms with Crippen molar-refractivity contribution in [1.82, 2.24) is 4.90 Å². The number of hydrogen-bond acceptors (Lipinski definition) is 8. The summed E-state index contributed by atoms with van der Waals surface area (Å²) in [7, 11) is 3.48. The molecular formula is C20H28N2O6S. The molecule has 1 aromatic rings. The van der Waals surface area contributed by atoms with Crippen molar-refractivity contribution in [2.45, 2.75) is 31.0 Å². The Morgan fingerprint density at radius 1 is 1.28 bits per heavy atom. The molecule has 1 aromatic carbocycles. The van der Waals surface area contributed by atoms with Gasteiger partial charge in [0.1, 0.15) is 29.2 Å². The summed E-state index contributed by atoms with van der Waals surface area (Å²) >= 11 is 1.59. The number of carboxylic acid groups (broad SMARTS) is 1. The van der Waals surface area contributed by atoms with E-state index < -0.39 is 12.0 Å². The van der Waals surface area contributed by atoms with Crippen molar-refractivity contribution in [3.63, 3.8) is 0 Å². The number of benzene rings is 1. The zero-order valence-electron chi connectivity index (χ0n) is 16.7. The number of aliphatic carboxylic acids is 1. The zero-order valence-corrected chi connectivity index (χ0v) is 17.6. The number of ether oxygens (including phenoxy) is 3. The van der Waals surface area contributed by atoms with Crippen LogP contribution in [0.4, 0.5) is 0 Å². The Kier molecular flexibility index (Phi) is 7.77. The summed E-state index contributed by atoms with van der Waals surface area (Å²) in [6.45, 7) is 1.90. The van der Waals surface area contributed by atoms with Gasteiger partial charge in [-0.25, -0.2) is 0 Å². The van der Waals surface area contributed by atoms with E-state index in [-0.39, 0.29) is 17.8 Å². The molecule has 8 nitrogen and oxygen atoms in total. The second-order valence-corrected chi connectivity index (χ2v) is 8.12. The first-order valence-electron chi connectivity index (χ1n) is 9.69.